The summed E-state index contributed by atoms with van der Waals surface area (Å²) in [5, 5.41) is 8.32. The summed E-state index contributed by atoms with van der Waals surface area (Å²) in [7, 11) is 0. The molecule has 0 aliphatic rings. The number of nitriles is 1. The van der Waals surface area contributed by atoms with Crippen molar-refractivity contribution in [2.24, 2.45) is 0 Å². The minimum Gasteiger partial charge on any atom is -0.206 e. The molecule has 0 bridgehead atoms. The van der Waals surface area contributed by atoms with Gasteiger partial charge in [0.25, 0.3) is 0 Å². The summed E-state index contributed by atoms with van der Waals surface area (Å²) in [5.41, 5.74) is 1.07. The minimum absolute atomic E-state index is 0.146. The van der Waals surface area contributed by atoms with E-state index in [1.165, 1.54) is 0 Å². The van der Waals surface area contributed by atoms with Crippen LogP contribution in [0.25, 0.3) is 0 Å². The fraction of sp³-hybridized carbons (Fsp3) is 0.222. The highest BCUT2D eigenvalue weighted by molar-refractivity contribution is 5.26. The van der Waals surface area contributed by atoms with Crippen LogP contribution in [0, 0.1) is 24.1 Å². The number of halogens is 1. The predicted molar refractivity (Wildman–Crippen MR) is 40.5 cm³/mol. The summed E-state index contributed by atoms with van der Waals surface area (Å²) in [5.74, 6) is -0.256. The summed E-state index contributed by atoms with van der Waals surface area (Å²) < 4.78 is 13.0. The lowest BCUT2D eigenvalue weighted by molar-refractivity contribution is 0.606. The molecule has 0 aliphatic heterocycles. The van der Waals surface area contributed by atoms with Gasteiger partial charge in [0.15, 0.2) is 0 Å². The molecule has 0 aliphatic carbocycles. The molecule has 0 heterocycles. The Morgan fingerprint density at radius 2 is 2.27 bits per heavy atom. The maximum atomic E-state index is 13.0. The van der Waals surface area contributed by atoms with Gasteiger partial charge in [0.1, 0.15) is 5.82 Å². The smallest absolute Gasteiger partial charge is 0.130 e. The first-order chi connectivity index (χ1) is 5.25. The summed E-state index contributed by atoms with van der Waals surface area (Å²) in [6.45, 7) is 1.69. The van der Waals surface area contributed by atoms with E-state index in [4.69, 9.17) is 5.26 Å². The number of benzene rings is 1. The SMILES string of the molecule is Cc1cccc(CC#N)c1F. The standard InChI is InChI=1S/C9H8FN/c1-7-3-2-4-8(5-6-11)9(7)10/h2-4H,5H2,1H3. The van der Waals surface area contributed by atoms with Gasteiger partial charge in [-0.15, -0.1) is 0 Å². The first kappa shape index (κ1) is 7.74. The van der Waals surface area contributed by atoms with Gasteiger partial charge in [-0.2, -0.15) is 5.26 Å². The van der Waals surface area contributed by atoms with Crippen LogP contribution < -0.4 is 0 Å². The lowest BCUT2D eigenvalue weighted by Gasteiger charge is -1.99. The highest BCUT2D eigenvalue weighted by atomic mass is 19.1. The number of hydrogen-bond acceptors (Lipinski definition) is 1. The van der Waals surface area contributed by atoms with E-state index in [-0.39, 0.29) is 12.2 Å². The molecular weight excluding hydrogens is 141 g/mol. The number of aryl methyl sites for hydroxylation is 1. The van der Waals surface area contributed by atoms with Crippen LogP contribution in [-0.2, 0) is 6.42 Å². The Morgan fingerprint density at radius 3 is 2.91 bits per heavy atom. The average molecular weight is 149 g/mol. The molecule has 0 saturated carbocycles. The molecule has 0 N–H and O–H groups in total. The van der Waals surface area contributed by atoms with Crippen molar-refractivity contribution in [2.45, 2.75) is 13.3 Å². The number of hydrogen-bond donors (Lipinski definition) is 0. The van der Waals surface area contributed by atoms with Gasteiger partial charge in [0.05, 0.1) is 12.5 Å². The van der Waals surface area contributed by atoms with Crippen molar-refractivity contribution in [3.05, 3.63) is 35.1 Å². The Labute approximate surface area is 65.1 Å². The van der Waals surface area contributed by atoms with Crippen molar-refractivity contribution in [1.82, 2.24) is 0 Å². The van der Waals surface area contributed by atoms with Crippen LogP contribution in [0.5, 0.6) is 0 Å². The second-order valence-electron chi connectivity index (χ2n) is 2.38. The molecule has 0 saturated heterocycles. The van der Waals surface area contributed by atoms with E-state index in [1.54, 1.807) is 25.1 Å². The van der Waals surface area contributed by atoms with Crippen molar-refractivity contribution in [1.29, 1.82) is 5.26 Å². The normalized spacial score (nSPS) is 9.18. The zero-order chi connectivity index (χ0) is 8.27. The van der Waals surface area contributed by atoms with E-state index >= 15 is 0 Å². The molecule has 1 nitrogen and oxygen atoms in total. The molecule has 0 amide bonds. The van der Waals surface area contributed by atoms with E-state index in [2.05, 4.69) is 0 Å². The van der Waals surface area contributed by atoms with Crippen LogP contribution in [0.1, 0.15) is 11.1 Å². The quantitative estimate of drug-likeness (QED) is 0.600. The molecule has 0 fully saturated rings. The maximum absolute atomic E-state index is 13.0. The van der Waals surface area contributed by atoms with Crippen LogP contribution in [-0.4, -0.2) is 0 Å². The van der Waals surface area contributed by atoms with Gasteiger partial charge in [-0.25, -0.2) is 4.39 Å². The lowest BCUT2D eigenvalue weighted by Crippen LogP contribution is -1.90. The number of nitrogens with zero attached hydrogens (tertiary/aromatic N) is 1. The third-order valence-corrected chi connectivity index (χ3v) is 1.54. The van der Waals surface area contributed by atoms with E-state index in [9.17, 15) is 4.39 Å². The third kappa shape index (κ3) is 1.56. The highest BCUT2D eigenvalue weighted by Crippen LogP contribution is 2.11. The van der Waals surface area contributed by atoms with Crippen LogP contribution in [0.2, 0.25) is 0 Å². The second-order valence-corrected chi connectivity index (χ2v) is 2.38. The van der Waals surface area contributed by atoms with Gasteiger partial charge in [0.2, 0.25) is 0 Å². The first-order valence-electron chi connectivity index (χ1n) is 3.36. The molecule has 0 radical (unpaired) electrons. The Hall–Kier alpha value is -1.36. The van der Waals surface area contributed by atoms with Crippen LogP contribution >= 0.6 is 0 Å². The van der Waals surface area contributed by atoms with Gasteiger partial charge in [-0.3, -0.25) is 0 Å². The maximum Gasteiger partial charge on any atom is 0.130 e. The average Bonchev–Trinajstić information content (AvgIpc) is 1.99. The summed E-state index contributed by atoms with van der Waals surface area (Å²) in [4.78, 5) is 0. The second kappa shape index (κ2) is 3.16. The monoisotopic (exact) mass is 149 g/mol. The summed E-state index contributed by atoms with van der Waals surface area (Å²) in [6.07, 6.45) is 0.146. The van der Waals surface area contributed by atoms with Gasteiger partial charge >= 0.3 is 0 Å². The topological polar surface area (TPSA) is 23.8 Å². The highest BCUT2D eigenvalue weighted by Gasteiger charge is 2.02. The fourth-order valence-corrected chi connectivity index (χ4v) is 0.930. The first-order valence-corrected chi connectivity index (χ1v) is 3.36. The number of rotatable bonds is 1. The van der Waals surface area contributed by atoms with Crippen molar-refractivity contribution in [3.8, 4) is 6.07 Å². The van der Waals surface area contributed by atoms with Crippen molar-refractivity contribution in [3.63, 3.8) is 0 Å². The van der Waals surface area contributed by atoms with Crippen LogP contribution in [0.15, 0.2) is 18.2 Å². The molecule has 56 valence electrons. The molecular formula is C9H8FN. The Bertz CT molecular complexity index is 299. The molecule has 0 aromatic heterocycles. The van der Waals surface area contributed by atoms with Crippen LogP contribution in [0.3, 0.4) is 0 Å². The van der Waals surface area contributed by atoms with Gasteiger partial charge in [0, 0.05) is 5.56 Å². The predicted octanol–water partition coefficient (Wildman–Crippen LogP) is 2.20. The Kier molecular flexibility index (Phi) is 2.22. The molecule has 0 atom stereocenters. The zero-order valence-corrected chi connectivity index (χ0v) is 6.26. The molecule has 11 heavy (non-hydrogen) atoms. The molecule has 1 aromatic rings. The lowest BCUT2D eigenvalue weighted by atomic mass is 10.1. The minimum atomic E-state index is -0.256. The van der Waals surface area contributed by atoms with E-state index in [0.717, 1.165) is 0 Å². The van der Waals surface area contributed by atoms with Crippen LogP contribution in [0.4, 0.5) is 4.39 Å². The fourth-order valence-electron chi connectivity index (χ4n) is 0.930. The molecule has 0 spiro atoms. The van der Waals surface area contributed by atoms with Crippen molar-refractivity contribution in [2.75, 3.05) is 0 Å². The van der Waals surface area contributed by atoms with E-state index in [0.29, 0.717) is 11.1 Å². The molecule has 0 unspecified atom stereocenters. The Balaban J connectivity index is 3.08. The molecule has 1 aromatic carbocycles. The molecule has 1 rings (SSSR count). The van der Waals surface area contributed by atoms with Crippen molar-refractivity contribution < 1.29 is 4.39 Å². The largest absolute Gasteiger partial charge is 0.206 e. The molecule has 2 heteroatoms. The Morgan fingerprint density at radius 1 is 1.55 bits per heavy atom. The third-order valence-electron chi connectivity index (χ3n) is 1.54. The zero-order valence-electron chi connectivity index (χ0n) is 6.26. The van der Waals surface area contributed by atoms with Gasteiger partial charge < -0.3 is 0 Å². The van der Waals surface area contributed by atoms with Crippen molar-refractivity contribution >= 4 is 0 Å². The van der Waals surface area contributed by atoms with Gasteiger partial charge in [-0.1, -0.05) is 18.2 Å². The summed E-state index contributed by atoms with van der Waals surface area (Å²) >= 11 is 0. The van der Waals surface area contributed by atoms with E-state index < -0.39 is 0 Å². The van der Waals surface area contributed by atoms with Gasteiger partial charge in [-0.05, 0) is 12.5 Å². The van der Waals surface area contributed by atoms with E-state index in [1.807, 2.05) is 6.07 Å². The summed E-state index contributed by atoms with van der Waals surface area (Å²) in [6, 6.07) is 6.99.